The Hall–Kier alpha value is -1.30. The predicted molar refractivity (Wildman–Crippen MR) is 53.5 cm³/mol. The summed E-state index contributed by atoms with van der Waals surface area (Å²) in [4.78, 5) is 0. The lowest BCUT2D eigenvalue weighted by atomic mass is 10.2. The molecule has 1 aromatic carbocycles. The van der Waals surface area contributed by atoms with E-state index in [1.54, 1.807) is 6.92 Å². The van der Waals surface area contributed by atoms with Crippen LogP contribution in [-0.4, -0.2) is 26.0 Å². The summed E-state index contributed by atoms with van der Waals surface area (Å²) < 4.78 is 57.3. The molecule has 2 nitrogen and oxygen atoms in total. The van der Waals surface area contributed by atoms with Crippen molar-refractivity contribution in [3.63, 3.8) is 0 Å². The third-order valence-corrected chi connectivity index (χ3v) is 1.89. The third kappa shape index (κ3) is 5.53. The van der Waals surface area contributed by atoms with E-state index in [1.165, 1.54) is 18.2 Å². The SMILES string of the molecule is Cc1cc(F)ccc1OCCOCC(F)(F)F. The first-order valence-electron chi connectivity index (χ1n) is 4.92. The van der Waals surface area contributed by atoms with E-state index >= 15 is 0 Å². The number of halogens is 4. The van der Waals surface area contributed by atoms with Crippen molar-refractivity contribution in [3.05, 3.63) is 29.6 Å². The smallest absolute Gasteiger partial charge is 0.411 e. The standard InChI is InChI=1S/C11H12F4O2/c1-8-6-9(12)2-3-10(8)17-5-4-16-7-11(13,14)15/h2-3,6H,4-5,7H2,1H3. The lowest BCUT2D eigenvalue weighted by Crippen LogP contribution is -2.19. The molecule has 1 aromatic rings. The van der Waals surface area contributed by atoms with Crippen LogP contribution in [0.1, 0.15) is 5.56 Å². The Morgan fingerprint density at radius 3 is 2.47 bits per heavy atom. The molecule has 0 spiro atoms. The van der Waals surface area contributed by atoms with E-state index in [0.29, 0.717) is 11.3 Å². The van der Waals surface area contributed by atoms with Crippen LogP contribution in [0.15, 0.2) is 18.2 Å². The van der Waals surface area contributed by atoms with Gasteiger partial charge in [-0.05, 0) is 30.7 Å². The van der Waals surface area contributed by atoms with Gasteiger partial charge in [-0.15, -0.1) is 0 Å². The molecule has 0 radical (unpaired) electrons. The molecule has 1 rings (SSSR count). The molecular weight excluding hydrogens is 240 g/mol. The fourth-order valence-electron chi connectivity index (χ4n) is 1.17. The van der Waals surface area contributed by atoms with Crippen LogP contribution in [0, 0.1) is 12.7 Å². The van der Waals surface area contributed by atoms with E-state index in [0.717, 1.165) is 0 Å². The zero-order chi connectivity index (χ0) is 12.9. The van der Waals surface area contributed by atoms with Gasteiger partial charge in [0.2, 0.25) is 0 Å². The fraction of sp³-hybridized carbons (Fsp3) is 0.455. The highest BCUT2D eigenvalue weighted by atomic mass is 19.4. The van der Waals surface area contributed by atoms with Gasteiger partial charge < -0.3 is 9.47 Å². The number of hydrogen-bond acceptors (Lipinski definition) is 2. The summed E-state index contributed by atoms with van der Waals surface area (Å²) in [7, 11) is 0. The van der Waals surface area contributed by atoms with Crippen LogP contribution >= 0.6 is 0 Å². The van der Waals surface area contributed by atoms with Crippen molar-refractivity contribution in [1.82, 2.24) is 0 Å². The molecule has 0 aliphatic rings. The minimum atomic E-state index is -4.33. The minimum absolute atomic E-state index is 0.0114. The molecule has 0 amide bonds. The molecule has 0 heterocycles. The van der Waals surface area contributed by atoms with E-state index in [2.05, 4.69) is 4.74 Å². The van der Waals surface area contributed by atoms with Gasteiger partial charge in [0.25, 0.3) is 0 Å². The van der Waals surface area contributed by atoms with Gasteiger partial charge in [0, 0.05) is 0 Å². The van der Waals surface area contributed by atoms with E-state index in [4.69, 9.17) is 4.74 Å². The second-order valence-electron chi connectivity index (χ2n) is 3.43. The predicted octanol–water partition coefficient (Wildman–Crippen LogP) is 3.09. The number of hydrogen-bond donors (Lipinski definition) is 0. The van der Waals surface area contributed by atoms with Crippen LogP contribution < -0.4 is 4.74 Å². The van der Waals surface area contributed by atoms with Gasteiger partial charge in [-0.2, -0.15) is 13.2 Å². The Bertz CT molecular complexity index is 363. The zero-order valence-corrected chi connectivity index (χ0v) is 9.18. The second kappa shape index (κ2) is 5.86. The van der Waals surface area contributed by atoms with Gasteiger partial charge >= 0.3 is 6.18 Å². The van der Waals surface area contributed by atoms with Gasteiger partial charge in [-0.3, -0.25) is 0 Å². The molecule has 0 aliphatic carbocycles. The van der Waals surface area contributed by atoms with Crippen LogP contribution in [0.3, 0.4) is 0 Å². The summed E-state index contributed by atoms with van der Waals surface area (Å²) in [6.45, 7) is 0.173. The number of aryl methyl sites for hydroxylation is 1. The first kappa shape index (κ1) is 13.8. The van der Waals surface area contributed by atoms with Crippen molar-refractivity contribution < 1.29 is 27.0 Å². The van der Waals surface area contributed by atoms with Gasteiger partial charge in [0.1, 0.15) is 24.8 Å². The average Bonchev–Trinajstić information content (AvgIpc) is 2.18. The first-order valence-corrected chi connectivity index (χ1v) is 4.92. The summed E-state index contributed by atoms with van der Waals surface area (Å²) >= 11 is 0. The number of alkyl halides is 3. The molecular formula is C11H12F4O2. The maximum Gasteiger partial charge on any atom is 0.411 e. The number of rotatable bonds is 5. The average molecular weight is 252 g/mol. The lowest BCUT2D eigenvalue weighted by molar-refractivity contribution is -0.175. The van der Waals surface area contributed by atoms with Crippen LogP contribution in [0.4, 0.5) is 17.6 Å². The van der Waals surface area contributed by atoms with Crippen molar-refractivity contribution in [2.24, 2.45) is 0 Å². The van der Waals surface area contributed by atoms with E-state index in [-0.39, 0.29) is 19.0 Å². The molecule has 0 bridgehead atoms. The molecule has 0 aliphatic heterocycles. The Morgan fingerprint density at radius 1 is 1.18 bits per heavy atom. The van der Waals surface area contributed by atoms with Crippen molar-refractivity contribution in [2.45, 2.75) is 13.1 Å². The first-order chi connectivity index (χ1) is 7.88. The molecule has 96 valence electrons. The molecule has 0 fully saturated rings. The summed E-state index contributed by atoms with van der Waals surface area (Å²) in [5, 5.41) is 0. The molecule has 0 aromatic heterocycles. The molecule has 0 atom stereocenters. The van der Waals surface area contributed by atoms with Gasteiger partial charge in [-0.25, -0.2) is 4.39 Å². The Balaban J connectivity index is 2.27. The Labute approximate surface area is 96.1 Å². The van der Waals surface area contributed by atoms with E-state index < -0.39 is 12.8 Å². The summed E-state index contributed by atoms with van der Waals surface area (Å²) in [6, 6.07) is 3.93. The van der Waals surface area contributed by atoms with Crippen molar-refractivity contribution in [1.29, 1.82) is 0 Å². The zero-order valence-electron chi connectivity index (χ0n) is 9.18. The molecule has 17 heavy (non-hydrogen) atoms. The van der Waals surface area contributed by atoms with Crippen molar-refractivity contribution >= 4 is 0 Å². The quantitative estimate of drug-likeness (QED) is 0.592. The summed E-state index contributed by atoms with van der Waals surface area (Å²) in [5.41, 5.74) is 0.584. The number of ether oxygens (including phenoxy) is 2. The normalized spacial score (nSPS) is 11.6. The topological polar surface area (TPSA) is 18.5 Å². The third-order valence-electron chi connectivity index (χ3n) is 1.89. The highest BCUT2D eigenvalue weighted by Gasteiger charge is 2.27. The van der Waals surface area contributed by atoms with Crippen LogP contribution in [0.25, 0.3) is 0 Å². The molecule has 6 heteroatoms. The fourth-order valence-corrected chi connectivity index (χ4v) is 1.17. The Morgan fingerprint density at radius 2 is 1.88 bits per heavy atom. The highest BCUT2D eigenvalue weighted by Crippen LogP contribution is 2.18. The Kier molecular flexibility index (Phi) is 4.74. The maximum atomic E-state index is 12.7. The molecule has 0 unspecified atom stereocenters. The van der Waals surface area contributed by atoms with Gasteiger partial charge in [0.15, 0.2) is 0 Å². The minimum Gasteiger partial charge on any atom is -0.491 e. The maximum absolute atomic E-state index is 12.7. The summed E-state index contributed by atoms with van der Waals surface area (Å²) in [6.07, 6.45) is -4.33. The second-order valence-corrected chi connectivity index (χ2v) is 3.43. The van der Waals surface area contributed by atoms with Crippen molar-refractivity contribution in [2.75, 3.05) is 19.8 Å². The highest BCUT2D eigenvalue weighted by molar-refractivity contribution is 5.32. The molecule has 0 saturated carbocycles. The van der Waals surface area contributed by atoms with E-state index in [1.807, 2.05) is 0 Å². The molecule has 0 saturated heterocycles. The van der Waals surface area contributed by atoms with Crippen molar-refractivity contribution in [3.8, 4) is 5.75 Å². The molecule has 0 N–H and O–H groups in total. The monoisotopic (exact) mass is 252 g/mol. The van der Waals surface area contributed by atoms with Gasteiger partial charge in [0.05, 0.1) is 6.61 Å². The summed E-state index contributed by atoms with van der Waals surface area (Å²) in [5.74, 6) is 0.0465. The van der Waals surface area contributed by atoms with Crippen LogP contribution in [0.5, 0.6) is 5.75 Å². The number of benzene rings is 1. The lowest BCUT2D eigenvalue weighted by Gasteiger charge is -2.10. The van der Waals surface area contributed by atoms with E-state index in [9.17, 15) is 17.6 Å². The van der Waals surface area contributed by atoms with Crippen LogP contribution in [-0.2, 0) is 4.74 Å². The van der Waals surface area contributed by atoms with Gasteiger partial charge in [-0.1, -0.05) is 0 Å². The van der Waals surface area contributed by atoms with Crippen LogP contribution in [0.2, 0.25) is 0 Å². The largest absolute Gasteiger partial charge is 0.491 e.